The molecule has 2 aromatic heterocycles. The summed E-state index contributed by atoms with van der Waals surface area (Å²) in [6, 6.07) is 5.06. The normalized spacial score (nSPS) is 12.1. The molecule has 7 heteroatoms. The minimum Gasteiger partial charge on any atom is -0.338 e. The lowest BCUT2D eigenvalue weighted by molar-refractivity contribution is 0.602. The molecule has 0 aliphatic rings. The van der Waals surface area contributed by atoms with Crippen LogP contribution in [0.2, 0.25) is 0 Å². The lowest BCUT2D eigenvalue weighted by atomic mass is 10.3. The standard InChI is InChI=1S/C12H12N4O2S/c1-16-7-8(6-13-16)12-14-9-4-3-5-10(11(9)15-12)19(2,17)18/h3-7H,1-2H3,(H,14,15). The number of hydrogen-bond donors (Lipinski definition) is 1. The summed E-state index contributed by atoms with van der Waals surface area (Å²) in [6.07, 6.45) is 4.68. The van der Waals surface area contributed by atoms with Crippen LogP contribution in [0.4, 0.5) is 0 Å². The van der Waals surface area contributed by atoms with E-state index in [0.29, 0.717) is 16.9 Å². The van der Waals surface area contributed by atoms with Gasteiger partial charge in [0.2, 0.25) is 0 Å². The summed E-state index contributed by atoms with van der Waals surface area (Å²) in [4.78, 5) is 7.72. The van der Waals surface area contributed by atoms with E-state index in [9.17, 15) is 8.42 Å². The molecule has 19 heavy (non-hydrogen) atoms. The molecule has 0 fully saturated rings. The summed E-state index contributed by atoms with van der Waals surface area (Å²) in [6.45, 7) is 0. The van der Waals surface area contributed by atoms with Crippen molar-refractivity contribution < 1.29 is 8.42 Å². The van der Waals surface area contributed by atoms with Crippen LogP contribution in [0.5, 0.6) is 0 Å². The number of aromatic nitrogens is 4. The average Bonchev–Trinajstić information content (AvgIpc) is 2.92. The summed E-state index contributed by atoms with van der Waals surface area (Å²) in [5.74, 6) is 0.610. The van der Waals surface area contributed by atoms with Gasteiger partial charge < -0.3 is 4.98 Å². The van der Waals surface area contributed by atoms with E-state index >= 15 is 0 Å². The van der Waals surface area contributed by atoms with Crippen LogP contribution in [0.1, 0.15) is 0 Å². The Morgan fingerprint density at radius 1 is 1.32 bits per heavy atom. The highest BCUT2D eigenvalue weighted by Gasteiger charge is 2.16. The van der Waals surface area contributed by atoms with E-state index < -0.39 is 9.84 Å². The Morgan fingerprint density at radius 3 is 2.74 bits per heavy atom. The number of nitrogens with one attached hydrogen (secondary N) is 1. The molecule has 0 spiro atoms. The number of aryl methyl sites for hydroxylation is 1. The summed E-state index contributed by atoms with van der Waals surface area (Å²) in [5, 5.41) is 4.07. The van der Waals surface area contributed by atoms with Gasteiger partial charge in [0, 0.05) is 19.5 Å². The minimum absolute atomic E-state index is 0.233. The van der Waals surface area contributed by atoms with Crippen LogP contribution in [0.3, 0.4) is 0 Å². The SMILES string of the molecule is Cn1cc(-c2nc3c(S(C)(=O)=O)cccc3[nH]2)cn1. The fourth-order valence-corrected chi connectivity index (χ4v) is 2.82. The van der Waals surface area contributed by atoms with Crippen LogP contribution in [-0.4, -0.2) is 34.4 Å². The van der Waals surface area contributed by atoms with Gasteiger partial charge in [0.15, 0.2) is 9.84 Å². The number of H-pyrrole nitrogens is 1. The molecular weight excluding hydrogens is 264 g/mol. The zero-order valence-electron chi connectivity index (χ0n) is 10.5. The van der Waals surface area contributed by atoms with Gasteiger partial charge in [0.25, 0.3) is 0 Å². The van der Waals surface area contributed by atoms with E-state index in [1.165, 1.54) is 6.26 Å². The highest BCUT2D eigenvalue weighted by Crippen LogP contribution is 2.24. The van der Waals surface area contributed by atoms with Crippen LogP contribution < -0.4 is 0 Å². The lowest BCUT2D eigenvalue weighted by Gasteiger charge is -1.97. The first kappa shape index (κ1) is 11.9. The molecule has 0 bridgehead atoms. The fourth-order valence-electron chi connectivity index (χ4n) is 1.99. The first-order chi connectivity index (χ1) is 8.95. The molecule has 2 heterocycles. The van der Waals surface area contributed by atoms with E-state index in [2.05, 4.69) is 15.1 Å². The van der Waals surface area contributed by atoms with Gasteiger partial charge in [-0.05, 0) is 12.1 Å². The monoisotopic (exact) mass is 276 g/mol. The van der Waals surface area contributed by atoms with Gasteiger partial charge >= 0.3 is 0 Å². The van der Waals surface area contributed by atoms with Crippen molar-refractivity contribution in [3.8, 4) is 11.4 Å². The zero-order valence-corrected chi connectivity index (χ0v) is 11.3. The van der Waals surface area contributed by atoms with Crippen molar-refractivity contribution in [1.82, 2.24) is 19.7 Å². The van der Waals surface area contributed by atoms with E-state index in [0.717, 1.165) is 5.56 Å². The molecule has 0 amide bonds. The molecule has 0 aliphatic heterocycles. The Kier molecular flexibility index (Phi) is 2.46. The lowest BCUT2D eigenvalue weighted by Crippen LogP contribution is -1.97. The maximum absolute atomic E-state index is 11.7. The quantitative estimate of drug-likeness (QED) is 0.766. The van der Waals surface area contributed by atoms with Gasteiger partial charge in [-0.2, -0.15) is 5.10 Å². The van der Waals surface area contributed by atoms with Crippen molar-refractivity contribution >= 4 is 20.9 Å². The zero-order chi connectivity index (χ0) is 13.6. The highest BCUT2D eigenvalue weighted by atomic mass is 32.2. The number of hydrogen-bond acceptors (Lipinski definition) is 4. The Balaban J connectivity index is 2.27. The minimum atomic E-state index is -3.30. The Labute approximate surface area is 110 Å². The molecule has 98 valence electrons. The largest absolute Gasteiger partial charge is 0.338 e. The summed E-state index contributed by atoms with van der Waals surface area (Å²) in [5.41, 5.74) is 1.98. The second-order valence-corrected chi connectivity index (χ2v) is 6.40. The van der Waals surface area contributed by atoms with Crippen LogP contribution in [-0.2, 0) is 16.9 Å². The maximum atomic E-state index is 11.7. The van der Waals surface area contributed by atoms with Crippen LogP contribution in [0, 0.1) is 0 Å². The molecule has 0 unspecified atom stereocenters. The van der Waals surface area contributed by atoms with Gasteiger partial charge in [0.05, 0.1) is 22.2 Å². The molecule has 0 atom stereocenters. The molecule has 3 rings (SSSR count). The van der Waals surface area contributed by atoms with Gasteiger partial charge in [-0.25, -0.2) is 13.4 Å². The Bertz CT molecular complexity index is 861. The summed E-state index contributed by atoms with van der Waals surface area (Å²) in [7, 11) is -1.48. The molecule has 0 saturated carbocycles. The van der Waals surface area contributed by atoms with E-state index in [1.807, 2.05) is 13.2 Å². The molecule has 0 saturated heterocycles. The first-order valence-corrected chi connectivity index (χ1v) is 7.52. The van der Waals surface area contributed by atoms with Gasteiger partial charge in [-0.3, -0.25) is 4.68 Å². The van der Waals surface area contributed by atoms with Crippen molar-refractivity contribution in [1.29, 1.82) is 0 Å². The van der Waals surface area contributed by atoms with Crippen molar-refractivity contribution in [2.45, 2.75) is 4.90 Å². The first-order valence-electron chi connectivity index (χ1n) is 5.63. The maximum Gasteiger partial charge on any atom is 0.177 e. The molecular formula is C12H12N4O2S. The predicted octanol–water partition coefficient (Wildman–Crippen LogP) is 1.37. The molecule has 3 aromatic rings. The fraction of sp³-hybridized carbons (Fsp3) is 0.167. The summed E-state index contributed by atoms with van der Waals surface area (Å²) >= 11 is 0. The molecule has 6 nitrogen and oxygen atoms in total. The third-order valence-corrected chi connectivity index (χ3v) is 3.98. The average molecular weight is 276 g/mol. The Hall–Kier alpha value is -2.15. The van der Waals surface area contributed by atoms with Gasteiger partial charge in [-0.15, -0.1) is 0 Å². The number of imidazole rings is 1. The van der Waals surface area contributed by atoms with E-state index in [1.54, 1.807) is 29.1 Å². The van der Waals surface area contributed by atoms with E-state index in [-0.39, 0.29) is 4.90 Å². The number of nitrogens with zero attached hydrogens (tertiary/aromatic N) is 3. The van der Waals surface area contributed by atoms with Crippen molar-refractivity contribution in [3.05, 3.63) is 30.6 Å². The molecule has 0 radical (unpaired) electrons. The van der Waals surface area contributed by atoms with Crippen molar-refractivity contribution in [2.24, 2.45) is 7.05 Å². The number of sulfone groups is 1. The molecule has 1 aromatic carbocycles. The molecule has 1 N–H and O–H groups in total. The van der Waals surface area contributed by atoms with Crippen LogP contribution >= 0.6 is 0 Å². The molecule has 0 aliphatic carbocycles. The predicted molar refractivity (Wildman–Crippen MR) is 71.4 cm³/mol. The highest BCUT2D eigenvalue weighted by molar-refractivity contribution is 7.91. The third kappa shape index (κ3) is 2.01. The van der Waals surface area contributed by atoms with Gasteiger partial charge in [0.1, 0.15) is 11.3 Å². The van der Waals surface area contributed by atoms with Crippen molar-refractivity contribution in [3.63, 3.8) is 0 Å². The van der Waals surface area contributed by atoms with Crippen molar-refractivity contribution in [2.75, 3.05) is 6.26 Å². The smallest absolute Gasteiger partial charge is 0.177 e. The number of rotatable bonds is 2. The topological polar surface area (TPSA) is 80.6 Å². The second kappa shape index (κ2) is 3.92. The number of fused-ring (bicyclic) bond motifs is 1. The van der Waals surface area contributed by atoms with Crippen LogP contribution in [0.15, 0.2) is 35.5 Å². The summed E-state index contributed by atoms with van der Waals surface area (Å²) < 4.78 is 25.1. The third-order valence-electron chi connectivity index (χ3n) is 2.85. The van der Waals surface area contributed by atoms with Gasteiger partial charge in [-0.1, -0.05) is 6.07 Å². The second-order valence-electron chi connectivity index (χ2n) is 4.41. The number of para-hydroxylation sites is 1. The Morgan fingerprint density at radius 2 is 2.11 bits per heavy atom. The number of benzene rings is 1. The van der Waals surface area contributed by atoms with Crippen LogP contribution in [0.25, 0.3) is 22.4 Å². The number of aromatic amines is 1. The van der Waals surface area contributed by atoms with E-state index in [4.69, 9.17) is 0 Å².